The van der Waals surface area contributed by atoms with Crippen molar-refractivity contribution in [1.29, 1.82) is 0 Å². The van der Waals surface area contributed by atoms with E-state index in [1.807, 2.05) is 42.2 Å². The molecule has 0 aliphatic carbocycles. The van der Waals surface area contributed by atoms with E-state index in [9.17, 15) is 4.79 Å². The highest BCUT2D eigenvalue weighted by atomic mass is 16.5. The summed E-state index contributed by atoms with van der Waals surface area (Å²) in [4.78, 5) is 15.3. The number of nitrogens with one attached hydrogen (secondary N) is 1. The van der Waals surface area contributed by atoms with Gasteiger partial charge in [0.2, 0.25) is 5.91 Å². The van der Waals surface area contributed by atoms with Crippen molar-refractivity contribution in [3.05, 3.63) is 53.7 Å². The van der Waals surface area contributed by atoms with Crippen molar-refractivity contribution < 1.29 is 9.53 Å². The van der Waals surface area contributed by atoms with Gasteiger partial charge in [0.1, 0.15) is 12.4 Å². The van der Waals surface area contributed by atoms with Crippen molar-refractivity contribution in [2.24, 2.45) is 7.05 Å². The van der Waals surface area contributed by atoms with Crippen LogP contribution in [-0.4, -0.2) is 46.3 Å². The standard InChI is InChI=1S/C24H28N4O2/c1-16-4-6-21-20(12-16)24(23(29)26-21)8-10-28(11-9-24)17(2)15-30-19-5-7-22-18(13-19)14-25-27(22)3/h4-7,12-14,17H,8-11,15H2,1-3H3,(H,26,29)/t17-/m0/s1. The topological polar surface area (TPSA) is 59.4 Å². The molecule has 3 aromatic rings. The van der Waals surface area contributed by atoms with Gasteiger partial charge in [0.25, 0.3) is 0 Å². The van der Waals surface area contributed by atoms with Crippen molar-refractivity contribution in [2.45, 2.75) is 38.1 Å². The molecular formula is C24H28N4O2. The van der Waals surface area contributed by atoms with E-state index >= 15 is 0 Å². The Morgan fingerprint density at radius 2 is 2.00 bits per heavy atom. The molecule has 1 spiro atoms. The number of likely N-dealkylation sites (tertiary alicyclic amines) is 1. The van der Waals surface area contributed by atoms with Crippen molar-refractivity contribution >= 4 is 22.5 Å². The molecule has 2 aliphatic heterocycles. The zero-order chi connectivity index (χ0) is 20.9. The van der Waals surface area contributed by atoms with E-state index < -0.39 is 0 Å². The molecule has 5 rings (SSSR count). The number of anilines is 1. The number of piperidine rings is 1. The molecule has 1 atom stereocenters. The maximum Gasteiger partial charge on any atom is 0.235 e. The lowest BCUT2D eigenvalue weighted by Crippen LogP contribution is -2.50. The van der Waals surface area contributed by atoms with Crippen LogP contribution < -0.4 is 10.1 Å². The Morgan fingerprint density at radius 1 is 1.20 bits per heavy atom. The quantitative estimate of drug-likeness (QED) is 0.721. The van der Waals surface area contributed by atoms with Gasteiger partial charge in [-0.05, 0) is 69.6 Å². The minimum absolute atomic E-state index is 0.163. The number of rotatable bonds is 4. The van der Waals surface area contributed by atoms with Gasteiger partial charge in [0, 0.05) is 24.2 Å². The first-order valence-corrected chi connectivity index (χ1v) is 10.7. The average Bonchev–Trinajstić information content (AvgIpc) is 3.24. The fourth-order valence-electron chi connectivity index (χ4n) is 4.92. The predicted octanol–water partition coefficient (Wildman–Crippen LogP) is 3.63. The Morgan fingerprint density at radius 3 is 2.80 bits per heavy atom. The molecule has 0 unspecified atom stereocenters. The first kappa shape index (κ1) is 19.1. The van der Waals surface area contributed by atoms with E-state index in [1.165, 1.54) is 11.1 Å². The highest BCUT2D eigenvalue weighted by Gasteiger charge is 2.48. The second kappa shape index (κ2) is 7.13. The number of carbonyl (C=O) groups is 1. The molecule has 1 N–H and O–H groups in total. The molecule has 1 amide bonds. The van der Waals surface area contributed by atoms with Crippen LogP contribution in [0.5, 0.6) is 5.75 Å². The molecule has 156 valence electrons. The highest BCUT2D eigenvalue weighted by molar-refractivity contribution is 6.06. The summed E-state index contributed by atoms with van der Waals surface area (Å²) in [6, 6.07) is 12.7. The predicted molar refractivity (Wildman–Crippen MR) is 118 cm³/mol. The fraction of sp³-hybridized carbons (Fsp3) is 0.417. The Hall–Kier alpha value is -2.86. The number of aryl methyl sites for hydroxylation is 2. The minimum atomic E-state index is -0.371. The number of benzene rings is 2. The SMILES string of the molecule is Cc1ccc2c(c1)C1(CCN([C@@H](C)COc3ccc4c(cnn4C)c3)CC1)C(=O)N2. The number of amides is 1. The van der Waals surface area contributed by atoms with Gasteiger partial charge < -0.3 is 10.1 Å². The third-order valence-electron chi connectivity index (χ3n) is 6.86. The zero-order valence-corrected chi connectivity index (χ0v) is 17.8. The fourth-order valence-corrected chi connectivity index (χ4v) is 4.92. The van der Waals surface area contributed by atoms with Crippen LogP contribution >= 0.6 is 0 Å². The van der Waals surface area contributed by atoms with Gasteiger partial charge >= 0.3 is 0 Å². The maximum absolute atomic E-state index is 12.9. The molecule has 1 fully saturated rings. The molecule has 1 saturated heterocycles. The summed E-state index contributed by atoms with van der Waals surface area (Å²) in [6.45, 7) is 6.71. The first-order chi connectivity index (χ1) is 14.5. The number of aromatic nitrogens is 2. The van der Waals surface area contributed by atoms with Crippen LogP contribution in [-0.2, 0) is 17.3 Å². The number of fused-ring (bicyclic) bond motifs is 3. The van der Waals surface area contributed by atoms with Crippen LogP contribution in [0.2, 0.25) is 0 Å². The van der Waals surface area contributed by atoms with Gasteiger partial charge in [0.15, 0.2) is 0 Å². The smallest absolute Gasteiger partial charge is 0.235 e. The monoisotopic (exact) mass is 404 g/mol. The molecule has 0 saturated carbocycles. The van der Waals surface area contributed by atoms with E-state index in [0.29, 0.717) is 6.61 Å². The van der Waals surface area contributed by atoms with Crippen LogP contribution in [0, 0.1) is 6.92 Å². The summed E-state index contributed by atoms with van der Waals surface area (Å²) in [5, 5.41) is 8.48. The lowest BCUT2D eigenvalue weighted by Gasteiger charge is -2.40. The van der Waals surface area contributed by atoms with Crippen molar-refractivity contribution in [1.82, 2.24) is 14.7 Å². The lowest BCUT2D eigenvalue weighted by molar-refractivity contribution is -0.122. The third-order valence-corrected chi connectivity index (χ3v) is 6.86. The number of ether oxygens (including phenoxy) is 1. The largest absolute Gasteiger partial charge is 0.492 e. The number of carbonyl (C=O) groups excluding carboxylic acids is 1. The van der Waals surface area contributed by atoms with Crippen molar-refractivity contribution in [3.8, 4) is 5.75 Å². The van der Waals surface area contributed by atoms with Crippen molar-refractivity contribution in [3.63, 3.8) is 0 Å². The summed E-state index contributed by atoms with van der Waals surface area (Å²) in [7, 11) is 1.94. The molecule has 1 aromatic heterocycles. The molecule has 2 aromatic carbocycles. The Kier molecular flexibility index (Phi) is 4.54. The Bertz CT molecular complexity index is 1110. The van der Waals surface area contributed by atoms with Crippen LogP contribution in [0.15, 0.2) is 42.6 Å². The van der Waals surface area contributed by atoms with Gasteiger partial charge in [-0.3, -0.25) is 14.4 Å². The van der Waals surface area contributed by atoms with Gasteiger partial charge in [-0.15, -0.1) is 0 Å². The highest BCUT2D eigenvalue weighted by Crippen LogP contribution is 2.45. The normalized spacial score (nSPS) is 19.1. The summed E-state index contributed by atoms with van der Waals surface area (Å²) >= 11 is 0. The van der Waals surface area contributed by atoms with Crippen LogP contribution in [0.1, 0.15) is 30.9 Å². The number of hydrogen-bond donors (Lipinski definition) is 1. The molecule has 30 heavy (non-hydrogen) atoms. The molecular weight excluding hydrogens is 376 g/mol. The zero-order valence-electron chi connectivity index (χ0n) is 17.8. The Labute approximate surface area is 176 Å². The van der Waals surface area contributed by atoms with Crippen LogP contribution in [0.25, 0.3) is 10.9 Å². The lowest BCUT2D eigenvalue weighted by atomic mass is 9.73. The van der Waals surface area contributed by atoms with E-state index in [0.717, 1.165) is 48.3 Å². The van der Waals surface area contributed by atoms with Crippen molar-refractivity contribution in [2.75, 3.05) is 25.0 Å². The van der Waals surface area contributed by atoms with Gasteiger partial charge in [-0.2, -0.15) is 5.10 Å². The third kappa shape index (κ3) is 3.06. The van der Waals surface area contributed by atoms with E-state index in [4.69, 9.17) is 4.74 Å². The summed E-state index contributed by atoms with van der Waals surface area (Å²) < 4.78 is 7.96. The molecule has 6 nitrogen and oxygen atoms in total. The molecule has 0 bridgehead atoms. The van der Waals surface area contributed by atoms with Crippen LogP contribution in [0.4, 0.5) is 5.69 Å². The minimum Gasteiger partial charge on any atom is -0.492 e. The average molecular weight is 405 g/mol. The Balaban J connectivity index is 1.23. The van der Waals surface area contributed by atoms with E-state index in [-0.39, 0.29) is 17.4 Å². The summed E-state index contributed by atoms with van der Waals surface area (Å²) in [6.07, 6.45) is 3.56. The summed E-state index contributed by atoms with van der Waals surface area (Å²) in [5.74, 6) is 1.03. The molecule has 0 radical (unpaired) electrons. The van der Waals surface area contributed by atoms with Crippen LogP contribution in [0.3, 0.4) is 0 Å². The maximum atomic E-state index is 12.9. The van der Waals surface area contributed by atoms with E-state index in [2.05, 4.69) is 41.3 Å². The first-order valence-electron chi connectivity index (χ1n) is 10.7. The van der Waals surface area contributed by atoms with Gasteiger partial charge in [-0.1, -0.05) is 17.7 Å². The molecule has 3 heterocycles. The van der Waals surface area contributed by atoms with Gasteiger partial charge in [0.05, 0.1) is 17.1 Å². The molecule has 6 heteroatoms. The second-order valence-corrected chi connectivity index (χ2v) is 8.77. The number of hydrogen-bond acceptors (Lipinski definition) is 4. The number of nitrogens with zero attached hydrogens (tertiary/aromatic N) is 3. The van der Waals surface area contributed by atoms with E-state index in [1.54, 1.807) is 0 Å². The van der Waals surface area contributed by atoms with Gasteiger partial charge in [-0.25, -0.2) is 0 Å². The molecule has 2 aliphatic rings. The second-order valence-electron chi connectivity index (χ2n) is 8.77. The summed E-state index contributed by atoms with van der Waals surface area (Å²) in [5.41, 5.74) is 4.10.